The monoisotopic (exact) mass is 327 g/mol. The van der Waals surface area contributed by atoms with Crippen LogP contribution in [-0.4, -0.2) is 11.9 Å². The third kappa shape index (κ3) is 4.03. The number of carbonyl (C=O) groups excluding carboxylic acids is 1. The Bertz CT molecular complexity index is 463. The van der Waals surface area contributed by atoms with Crippen molar-refractivity contribution in [3.05, 3.63) is 34.1 Å². The van der Waals surface area contributed by atoms with Crippen LogP contribution in [-0.2, 0) is 0 Å². The second-order valence-corrected chi connectivity index (χ2v) is 6.26. The highest BCUT2D eigenvalue weighted by Gasteiger charge is 2.19. The van der Waals surface area contributed by atoms with Gasteiger partial charge in [-0.3, -0.25) is 4.79 Å². The molecule has 1 saturated carbocycles. The quantitative estimate of drug-likeness (QED) is 0.807. The molecule has 2 nitrogen and oxygen atoms in total. The minimum Gasteiger partial charge on any atom is -0.349 e. The normalized spacial score (nSPS) is 23.7. The molecular formula is C15H19BrFNO. The molecule has 1 amide bonds. The summed E-state index contributed by atoms with van der Waals surface area (Å²) in [7, 11) is 0. The van der Waals surface area contributed by atoms with Gasteiger partial charge in [-0.1, -0.05) is 19.8 Å². The second kappa shape index (κ2) is 6.51. The molecular weight excluding hydrogens is 309 g/mol. The molecule has 1 aromatic carbocycles. The van der Waals surface area contributed by atoms with Crippen LogP contribution in [0.5, 0.6) is 0 Å². The fourth-order valence-electron chi connectivity index (χ4n) is 2.57. The number of benzene rings is 1. The molecule has 2 atom stereocenters. The molecule has 1 aromatic rings. The van der Waals surface area contributed by atoms with Gasteiger partial charge in [-0.05, 0) is 59.3 Å². The van der Waals surface area contributed by atoms with E-state index in [1.165, 1.54) is 18.6 Å². The molecule has 1 fully saturated rings. The van der Waals surface area contributed by atoms with Crippen molar-refractivity contribution in [2.75, 3.05) is 0 Å². The Labute approximate surface area is 121 Å². The van der Waals surface area contributed by atoms with E-state index in [9.17, 15) is 9.18 Å². The third-order valence-electron chi connectivity index (χ3n) is 3.77. The van der Waals surface area contributed by atoms with Crippen molar-refractivity contribution in [1.29, 1.82) is 0 Å². The Morgan fingerprint density at radius 1 is 1.32 bits per heavy atom. The van der Waals surface area contributed by atoms with Gasteiger partial charge in [-0.25, -0.2) is 4.39 Å². The molecule has 1 aliphatic rings. The standard InChI is InChI=1S/C15H19BrFNO/c1-10-3-2-4-12(7-5-10)18-15(19)13-9-11(17)6-8-14(13)16/h6,8-10,12H,2-5,7H2,1H3,(H,18,19). The van der Waals surface area contributed by atoms with E-state index >= 15 is 0 Å². The van der Waals surface area contributed by atoms with Crippen LogP contribution in [0.3, 0.4) is 0 Å². The molecule has 1 aliphatic carbocycles. The second-order valence-electron chi connectivity index (χ2n) is 5.41. The summed E-state index contributed by atoms with van der Waals surface area (Å²) in [5, 5.41) is 3.03. The molecule has 0 spiro atoms. The van der Waals surface area contributed by atoms with Crippen LogP contribution in [0.25, 0.3) is 0 Å². The minimum atomic E-state index is -0.386. The van der Waals surface area contributed by atoms with Crippen LogP contribution in [0.4, 0.5) is 4.39 Å². The molecule has 0 heterocycles. The summed E-state index contributed by atoms with van der Waals surface area (Å²) >= 11 is 3.29. The minimum absolute atomic E-state index is 0.189. The molecule has 0 saturated heterocycles. The largest absolute Gasteiger partial charge is 0.349 e. The van der Waals surface area contributed by atoms with Gasteiger partial charge in [0.2, 0.25) is 0 Å². The molecule has 0 aromatic heterocycles. The Balaban J connectivity index is 2.02. The lowest BCUT2D eigenvalue weighted by Crippen LogP contribution is -2.34. The average Bonchev–Trinajstić information content (AvgIpc) is 2.57. The molecule has 0 aliphatic heterocycles. The lowest BCUT2D eigenvalue weighted by molar-refractivity contribution is 0.0932. The van der Waals surface area contributed by atoms with Gasteiger partial charge >= 0.3 is 0 Å². The van der Waals surface area contributed by atoms with Gasteiger partial charge in [0.15, 0.2) is 0 Å². The predicted molar refractivity (Wildman–Crippen MR) is 77.6 cm³/mol. The first-order chi connectivity index (χ1) is 9.06. The maximum Gasteiger partial charge on any atom is 0.252 e. The van der Waals surface area contributed by atoms with Gasteiger partial charge in [0.25, 0.3) is 5.91 Å². The predicted octanol–water partition coefficient (Wildman–Crippen LogP) is 4.29. The van der Waals surface area contributed by atoms with E-state index in [0.717, 1.165) is 31.6 Å². The van der Waals surface area contributed by atoms with E-state index in [2.05, 4.69) is 28.2 Å². The molecule has 0 bridgehead atoms. The van der Waals surface area contributed by atoms with Crippen LogP contribution in [0.15, 0.2) is 22.7 Å². The van der Waals surface area contributed by atoms with Gasteiger partial charge in [0, 0.05) is 10.5 Å². The molecule has 0 radical (unpaired) electrons. The van der Waals surface area contributed by atoms with Crippen molar-refractivity contribution >= 4 is 21.8 Å². The van der Waals surface area contributed by atoms with Crippen LogP contribution in [0, 0.1) is 11.7 Å². The first-order valence-electron chi connectivity index (χ1n) is 6.82. The van der Waals surface area contributed by atoms with Gasteiger partial charge in [0.1, 0.15) is 5.82 Å². The zero-order valence-electron chi connectivity index (χ0n) is 11.1. The summed E-state index contributed by atoms with van der Waals surface area (Å²) in [5.74, 6) is 0.163. The maximum absolute atomic E-state index is 13.2. The van der Waals surface area contributed by atoms with Gasteiger partial charge < -0.3 is 5.32 Å². The van der Waals surface area contributed by atoms with Crippen molar-refractivity contribution in [2.24, 2.45) is 5.92 Å². The Hall–Kier alpha value is -0.900. The Kier molecular flexibility index (Phi) is 4.97. The first kappa shape index (κ1) is 14.5. The van der Waals surface area contributed by atoms with Crippen molar-refractivity contribution in [1.82, 2.24) is 5.32 Å². The van der Waals surface area contributed by atoms with Crippen LogP contribution in [0.2, 0.25) is 0 Å². The van der Waals surface area contributed by atoms with Crippen LogP contribution < -0.4 is 5.32 Å². The number of amides is 1. The van der Waals surface area contributed by atoms with Crippen molar-refractivity contribution in [3.63, 3.8) is 0 Å². The lowest BCUT2D eigenvalue weighted by atomic mass is 10.0. The molecule has 2 unspecified atom stereocenters. The zero-order valence-corrected chi connectivity index (χ0v) is 12.7. The van der Waals surface area contributed by atoms with E-state index in [1.807, 2.05) is 0 Å². The molecule has 19 heavy (non-hydrogen) atoms. The summed E-state index contributed by atoms with van der Waals surface area (Å²) < 4.78 is 13.8. The van der Waals surface area contributed by atoms with E-state index < -0.39 is 0 Å². The van der Waals surface area contributed by atoms with Crippen LogP contribution >= 0.6 is 15.9 Å². The smallest absolute Gasteiger partial charge is 0.252 e. The Morgan fingerprint density at radius 2 is 2.11 bits per heavy atom. The summed E-state index contributed by atoms with van der Waals surface area (Å²) in [6, 6.07) is 4.40. The SMILES string of the molecule is CC1CCCC(NC(=O)c2cc(F)ccc2Br)CC1. The molecule has 4 heteroatoms. The summed E-state index contributed by atoms with van der Waals surface area (Å²) in [6.45, 7) is 2.26. The molecule has 104 valence electrons. The molecule has 2 rings (SSSR count). The van der Waals surface area contributed by atoms with Gasteiger partial charge in [-0.15, -0.1) is 0 Å². The van der Waals surface area contributed by atoms with Crippen molar-refractivity contribution in [3.8, 4) is 0 Å². The topological polar surface area (TPSA) is 29.1 Å². The number of rotatable bonds is 2. The van der Waals surface area contributed by atoms with Crippen LogP contribution in [0.1, 0.15) is 49.4 Å². The third-order valence-corrected chi connectivity index (χ3v) is 4.46. The average molecular weight is 328 g/mol. The lowest BCUT2D eigenvalue weighted by Gasteiger charge is -2.17. The number of hydrogen-bond acceptors (Lipinski definition) is 1. The van der Waals surface area contributed by atoms with Gasteiger partial charge in [-0.2, -0.15) is 0 Å². The summed E-state index contributed by atoms with van der Waals surface area (Å²) in [6.07, 6.45) is 5.56. The van der Waals surface area contributed by atoms with E-state index in [4.69, 9.17) is 0 Å². The van der Waals surface area contributed by atoms with Crippen molar-refractivity contribution < 1.29 is 9.18 Å². The van der Waals surface area contributed by atoms with E-state index in [0.29, 0.717) is 10.0 Å². The maximum atomic E-state index is 13.2. The fraction of sp³-hybridized carbons (Fsp3) is 0.533. The highest BCUT2D eigenvalue weighted by atomic mass is 79.9. The highest BCUT2D eigenvalue weighted by molar-refractivity contribution is 9.10. The number of nitrogens with one attached hydrogen (secondary N) is 1. The fourth-order valence-corrected chi connectivity index (χ4v) is 2.99. The summed E-state index contributed by atoms with van der Waals surface area (Å²) in [5.41, 5.74) is 0.372. The first-order valence-corrected chi connectivity index (χ1v) is 7.61. The van der Waals surface area contributed by atoms with E-state index in [-0.39, 0.29) is 17.8 Å². The summed E-state index contributed by atoms with van der Waals surface area (Å²) in [4.78, 5) is 12.2. The number of halogens is 2. The van der Waals surface area contributed by atoms with E-state index in [1.54, 1.807) is 6.07 Å². The number of carbonyl (C=O) groups is 1. The number of hydrogen-bond donors (Lipinski definition) is 1. The van der Waals surface area contributed by atoms with Gasteiger partial charge in [0.05, 0.1) is 5.56 Å². The highest BCUT2D eigenvalue weighted by Crippen LogP contribution is 2.23. The Morgan fingerprint density at radius 3 is 2.89 bits per heavy atom. The molecule has 1 N–H and O–H groups in total. The zero-order chi connectivity index (χ0) is 13.8. The van der Waals surface area contributed by atoms with Crippen molar-refractivity contribution in [2.45, 2.75) is 45.1 Å².